The number of hydrogen-bond donors (Lipinski definition) is 3. The number of ether oxygens (including phenoxy) is 1. The van der Waals surface area contributed by atoms with Gasteiger partial charge in [-0.3, -0.25) is 14.3 Å². The first-order valence-electron chi connectivity index (χ1n) is 7.04. The van der Waals surface area contributed by atoms with Gasteiger partial charge in [0, 0.05) is 17.5 Å². The molecule has 2 heterocycles. The van der Waals surface area contributed by atoms with Crippen LogP contribution in [-0.2, 0) is 4.74 Å². The molecule has 4 atom stereocenters. The summed E-state index contributed by atoms with van der Waals surface area (Å²) in [4.78, 5) is 25.7. The summed E-state index contributed by atoms with van der Waals surface area (Å²) in [5, 5.41) is 19.2. The van der Waals surface area contributed by atoms with Crippen molar-refractivity contribution in [2.45, 2.75) is 44.0 Å². The monoisotopic (exact) mass is 348 g/mol. The summed E-state index contributed by atoms with van der Waals surface area (Å²) in [6.45, 7) is 3.32. The number of aryl methyl sites for hydroxylation is 1. The summed E-state index contributed by atoms with van der Waals surface area (Å²) < 4.78 is 6.91. The highest BCUT2D eigenvalue weighted by Gasteiger charge is 2.45. The topological polar surface area (TPSA) is 105 Å². The standard InChI is InChI=1S/C13H20N2O5S2/c1-3-4-21-22-10-9(17)8(6-16)20-12(10)15-5-7(2)11(18)14-13(15)19/h5,8-10,12,16-17H,3-4,6H2,1-2H3,(H,14,18,19)/t8-,9+,10?,12-/m1/s1. The van der Waals surface area contributed by atoms with Gasteiger partial charge in [0.2, 0.25) is 0 Å². The van der Waals surface area contributed by atoms with Crippen molar-refractivity contribution in [2.24, 2.45) is 0 Å². The van der Waals surface area contributed by atoms with Gasteiger partial charge in [0.15, 0.2) is 6.23 Å². The molecule has 1 aromatic heterocycles. The smallest absolute Gasteiger partial charge is 0.330 e. The Kier molecular flexibility index (Phi) is 6.16. The molecule has 9 heteroatoms. The second-order valence-electron chi connectivity index (χ2n) is 5.10. The average Bonchev–Trinajstić information content (AvgIpc) is 2.80. The van der Waals surface area contributed by atoms with Crippen molar-refractivity contribution in [3.05, 3.63) is 32.6 Å². The molecule has 3 N–H and O–H groups in total. The van der Waals surface area contributed by atoms with Crippen molar-refractivity contribution in [1.29, 1.82) is 0 Å². The highest BCUT2D eigenvalue weighted by Crippen LogP contribution is 2.42. The van der Waals surface area contributed by atoms with Gasteiger partial charge >= 0.3 is 5.69 Å². The summed E-state index contributed by atoms with van der Waals surface area (Å²) >= 11 is 0. The minimum absolute atomic E-state index is 0.329. The molecule has 0 saturated carbocycles. The van der Waals surface area contributed by atoms with Gasteiger partial charge in [-0.15, -0.1) is 0 Å². The molecule has 0 aliphatic carbocycles. The Bertz CT molecular complexity index is 617. The second-order valence-corrected chi connectivity index (χ2v) is 7.76. The normalized spacial score (nSPS) is 28.2. The van der Waals surface area contributed by atoms with Crippen molar-refractivity contribution in [3.8, 4) is 0 Å². The maximum absolute atomic E-state index is 12.0. The number of aromatic nitrogens is 2. The van der Waals surface area contributed by atoms with E-state index in [1.54, 1.807) is 17.7 Å². The van der Waals surface area contributed by atoms with Crippen molar-refractivity contribution in [2.75, 3.05) is 12.4 Å². The number of hydrogen-bond acceptors (Lipinski definition) is 7. The predicted molar refractivity (Wildman–Crippen MR) is 87.2 cm³/mol. The Balaban J connectivity index is 2.31. The van der Waals surface area contributed by atoms with Crippen LogP contribution in [0.1, 0.15) is 25.1 Å². The quantitative estimate of drug-likeness (QED) is 0.500. The Labute approximate surface area is 135 Å². The molecule has 0 aromatic carbocycles. The third-order valence-electron chi connectivity index (χ3n) is 3.38. The van der Waals surface area contributed by atoms with E-state index >= 15 is 0 Å². The van der Waals surface area contributed by atoms with Gasteiger partial charge in [0.05, 0.1) is 18.0 Å². The SMILES string of the molecule is CCCSSC1[C@@H](O)[C@@H](CO)O[C@H]1n1cc(C)c(=O)[nH]c1=O. The van der Waals surface area contributed by atoms with E-state index in [1.165, 1.54) is 21.6 Å². The Morgan fingerprint density at radius 2 is 2.18 bits per heavy atom. The molecule has 1 aromatic rings. The lowest BCUT2D eigenvalue weighted by atomic mass is 10.2. The summed E-state index contributed by atoms with van der Waals surface area (Å²) in [6, 6.07) is 0. The third-order valence-corrected chi connectivity index (χ3v) is 6.40. The molecule has 7 nitrogen and oxygen atoms in total. The summed E-state index contributed by atoms with van der Waals surface area (Å²) in [7, 11) is 3.02. The highest BCUT2D eigenvalue weighted by molar-refractivity contribution is 8.77. The molecule has 0 spiro atoms. The second kappa shape index (κ2) is 7.69. The summed E-state index contributed by atoms with van der Waals surface area (Å²) in [6.07, 6.45) is 0.0562. The van der Waals surface area contributed by atoms with Crippen LogP contribution in [0.3, 0.4) is 0 Å². The van der Waals surface area contributed by atoms with E-state index in [-0.39, 0.29) is 6.61 Å². The van der Waals surface area contributed by atoms with E-state index in [0.717, 1.165) is 12.2 Å². The Morgan fingerprint density at radius 3 is 2.82 bits per heavy atom. The van der Waals surface area contributed by atoms with Gasteiger partial charge in [-0.25, -0.2) is 4.79 Å². The van der Waals surface area contributed by atoms with Crippen molar-refractivity contribution in [1.82, 2.24) is 9.55 Å². The number of nitrogens with one attached hydrogen (secondary N) is 1. The molecule has 1 aliphatic heterocycles. The van der Waals surface area contributed by atoms with Gasteiger partial charge < -0.3 is 14.9 Å². The number of nitrogens with zero attached hydrogens (tertiary/aromatic N) is 1. The van der Waals surface area contributed by atoms with Gasteiger partial charge in [-0.05, 0) is 13.3 Å². The van der Waals surface area contributed by atoms with Gasteiger partial charge in [0.1, 0.15) is 6.10 Å². The predicted octanol–water partition coefficient (Wildman–Crippen LogP) is 0.256. The van der Waals surface area contributed by atoms with Gasteiger partial charge in [-0.1, -0.05) is 28.5 Å². The minimum Gasteiger partial charge on any atom is -0.394 e. The van der Waals surface area contributed by atoms with Gasteiger partial charge in [0.25, 0.3) is 5.56 Å². The molecule has 1 unspecified atom stereocenters. The molecular weight excluding hydrogens is 328 g/mol. The maximum atomic E-state index is 12.0. The van der Waals surface area contributed by atoms with Crippen LogP contribution in [0.5, 0.6) is 0 Å². The molecule has 0 radical (unpaired) electrons. The molecule has 124 valence electrons. The molecule has 0 amide bonds. The number of aromatic amines is 1. The zero-order chi connectivity index (χ0) is 16.3. The molecule has 0 bridgehead atoms. The van der Waals surface area contributed by atoms with Crippen molar-refractivity contribution in [3.63, 3.8) is 0 Å². The molecule has 22 heavy (non-hydrogen) atoms. The van der Waals surface area contributed by atoms with E-state index < -0.39 is 34.9 Å². The molecular formula is C13H20N2O5S2. The van der Waals surface area contributed by atoms with E-state index in [2.05, 4.69) is 11.9 Å². The minimum atomic E-state index is -0.886. The van der Waals surface area contributed by atoms with Crippen LogP contribution in [0.25, 0.3) is 0 Å². The van der Waals surface area contributed by atoms with E-state index in [4.69, 9.17) is 4.74 Å². The molecule has 2 rings (SSSR count). The first kappa shape index (κ1) is 17.6. The first-order valence-corrected chi connectivity index (χ1v) is 9.42. The van der Waals surface area contributed by atoms with E-state index in [9.17, 15) is 19.8 Å². The lowest BCUT2D eigenvalue weighted by molar-refractivity contribution is -0.0457. The third kappa shape index (κ3) is 3.60. The van der Waals surface area contributed by atoms with Crippen molar-refractivity contribution >= 4 is 21.6 Å². The van der Waals surface area contributed by atoms with Crippen LogP contribution in [0.2, 0.25) is 0 Å². The fourth-order valence-electron chi connectivity index (χ4n) is 2.18. The van der Waals surface area contributed by atoms with Crippen LogP contribution >= 0.6 is 21.6 Å². The lowest BCUT2D eigenvalue weighted by Gasteiger charge is -2.21. The van der Waals surface area contributed by atoms with Crippen molar-refractivity contribution < 1.29 is 14.9 Å². The Morgan fingerprint density at radius 1 is 1.45 bits per heavy atom. The molecule has 1 fully saturated rings. The van der Waals surface area contributed by atoms with Crippen LogP contribution in [0.4, 0.5) is 0 Å². The largest absolute Gasteiger partial charge is 0.394 e. The fraction of sp³-hybridized carbons (Fsp3) is 0.692. The highest BCUT2D eigenvalue weighted by atomic mass is 33.1. The average molecular weight is 348 g/mol. The maximum Gasteiger partial charge on any atom is 0.330 e. The van der Waals surface area contributed by atoms with Gasteiger partial charge in [-0.2, -0.15) is 0 Å². The first-order chi connectivity index (χ1) is 10.5. The molecule has 1 aliphatic rings. The Hall–Kier alpha value is -0.740. The van der Waals surface area contributed by atoms with E-state index in [1.807, 2.05) is 0 Å². The molecule has 1 saturated heterocycles. The number of H-pyrrole nitrogens is 1. The zero-order valence-electron chi connectivity index (χ0n) is 12.4. The number of rotatable bonds is 6. The van der Waals surface area contributed by atoms with Crippen LogP contribution in [0, 0.1) is 6.92 Å². The number of aliphatic hydroxyl groups is 2. The van der Waals surface area contributed by atoms with Crippen LogP contribution in [0.15, 0.2) is 15.8 Å². The summed E-state index contributed by atoms with van der Waals surface area (Å²) in [5.74, 6) is 0.907. The lowest BCUT2D eigenvalue weighted by Crippen LogP contribution is -2.37. The van der Waals surface area contributed by atoms with Crippen LogP contribution < -0.4 is 11.2 Å². The number of aliphatic hydroxyl groups excluding tert-OH is 2. The zero-order valence-corrected chi connectivity index (χ0v) is 14.0. The van der Waals surface area contributed by atoms with E-state index in [0.29, 0.717) is 5.56 Å². The fourth-order valence-corrected chi connectivity index (χ4v) is 5.07. The summed E-state index contributed by atoms with van der Waals surface area (Å²) in [5.41, 5.74) is -0.643. The van der Waals surface area contributed by atoms with Crippen LogP contribution in [-0.4, -0.2) is 49.6 Å².